The van der Waals surface area contributed by atoms with E-state index < -0.39 is 5.41 Å². The van der Waals surface area contributed by atoms with E-state index >= 15 is 0 Å². The Bertz CT molecular complexity index is 381. The maximum absolute atomic E-state index is 12.6. The molecule has 1 saturated heterocycles. The lowest BCUT2D eigenvalue weighted by Crippen LogP contribution is -2.43. The maximum atomic E-state index is 12.6. The molecule has 1 unspecified atom stereocenters. The van der Waals surface area contributed by atoms with E-state index in [9.17, 15) is 14.9 Å². The van der Waals surface area contributed by atoms with E-state index in [1.165, 1.54) is 0 Å². The van der Waals surface area contributed by atoms with Crippen LogP contribution in [-0.2, 0) is 9.59 Å². The van der Waals surface area contributed by atoms with E-state index in [-0.39, 0.29) is 17.7 Å². The first-order valence-electron chi connectivity index (χ1n) is 7.00. The van der Waals surface area contributed by atoms with Crippen molar-refractivity contribution in [1.82, 2.24) is 4.90 Å². The zero-order chi connectivity index (χ0) is 14.5. The minimum Gasteiger partial charge on any atom is -0.369 e. The minimum absolute atomic E-state index is 0.123. The molecule has 1 rings (SSSR count). The zero-order valence-corrected chi connectivity index (χ0v) is 11.8. The summed E-state index contributed by atoms with van der Waals surface area (Å²) in [5, 5.41) is 9.46. The van der Waals surface area contributed by atoms with Crippen molar-refractivity contribution in [2.75, 3.05) is 13.1 Å². The Morgan fingerprint density at radius 2 is 1.95 bits per heavy atom. The van der Waals surface area contributed by atoms with Gasteiger partial charge in [0.05, 0.1) is 12.0 Å². The van der Waals surface area contributed by atoms with Crippen LogP contribution in [0.2, 0.25) is 0 Å². The third-order valence-electron chi connectivity index (χ3n) is 3.85. The van der Waals surface area contributed by atoms with E-state index in [4.69, 9.17) is 5.73 Å². The van der Waals surface area contributed by atoms with Crippen LogP contribution in [-0.4, -0.2) is 29.8 Å². The topological polar surface area (TPSA) is 87.2 Å². The number of carbonyl (C=O) groups is 2. The van der Waals surface area contributed by atoms with Gasteiger partial charge in [-0.3, -0.25) is 9.59 Å². The summed E-state index contributed by atoms with van der Waals surface area (Å²) in [4.78, 5) is 25.4. The number of carbonyl (C=O) groups excluding carboxylic acids is 2. The second-order valence-corrected chi connectivity index (χ2v) is 5.33. The first-order chi connectivity index (χ1) is 9.00. The van der Waals surface area contributed by atoms with E-state index in [0.717, 1.165) is 12.8 Å². The van der Waals surface area contributed by atoms with E-state index in [2.05, 4.69) is 6.07 Å². The van der Waals surface area contributed by atoms with Gasteiger partial charge >= 0.3 is 0 Å². The SMILES string of the molecule is CCCC(C#N)(CCC)C(=O)N1CCC(C(N)=O)C1. The van der Waals surface area contributed by atoms with Crippen LogP contribution < -0.4 is 5.73 Å². The molecule has 19 heavy (non-hydrogen) atoms. The summed E-state index contributed by atoms with van der Waals surface area (Å²) in [5.74, 6) is -0.741. The first kappa shape index (κ1) is 15.5. The highest BCUT2D eigenvalue weighted by Crippen LogP contribution is 2.33. The van der Waals surface area contributed by atoms with Crippen LogP contribution in [0, 0.1) is 22.7 Å². The number of nitriles is 1. The summed E-state index contributed by atoms with van der Waals surface area (Å²) in [6.45, 7) is 4.85. The summed E-state index contributed by atoms with van der Waals surface area (Å²) in [6.07, 6.45) is 3.36. The first-order valence-corrected chi connectivity index (χ1v) is 7.00. The van der Waals surface area contributed by atoms with Crippen molar-refractivity contribution in [2.45, 2.75) is 46.0 Å². The molecule has 0 radical (unpaired) electrons. The highest BCUT2D eigenvalue weighted by Gasteiger charge is 2.42. The van der Waals surface area contributed by atoms with Crippen LogP contribution in [0.1, 0.15) is 46.0 Å². The van der Waals surface area contributed by atoms with Crippen LogP contribution >= 0.6 is 0 Å². The van der Waals surface area contributed by atoms with Crippen LogP contribution in [0.25, 0.3) is 0 Å². The third-order valence-corrected chi connectivity index (χ3v) is 3.85. The Hall–Kier alpha value is -1.57. The molecule has 2 amide bonds. The summed E-state index contributed by atoms with van der Waals surface area (Å²) in [5.41, 5.74) is 4.36. The predicted octanol–water partition coefficient (Wildman–Crippen LogP) is 1.43. The number of amides is 2. The minimum atomic E-state index is -0.921. The maximum Gasteiger partial charge on any atom is 0.243 e. The average molecular weight is 265 g/mol. The third kappa shape index (κ3) is 3.25. The molecule has 0 aromatic carbocycles. The van der Waals surface area contributed by atoms with Gasteiger partial charge in [0.25, 0.3) is 0 Å². The summed E-state index contributed by atoms with van der Waals surface area (Å²) < 4.78 is 0. The largest absolute Gasteiger partial charge is 0.369 e. The highest BCUT2D eigenvalue weighted by molar-refractivity contribution is 5.87. The molecule has 1 aliphatic rings. The standard InChI is InChI=1S/C14H23N3O2/c1-3-6-14(10-15,7-4-2)13(19)17-8-5-11(9-17)12(16)18/h11H,3-9H2,1-2H3,(H2,16,18). The number of nitrogens with zero attached hydrogens (tertiary/aromatic N) is 2. The van der Waals surface area contributed by atoms with E-state index in [1.807, 2.05) is 13.8 Å². The number of rotatable bonds is 6. The molecule has 0 bridgehead atoms. The smallest absolute Gasteiger partial charge is 0.243 e. The molecule has 0 aromatic rings. The van der Waals surface area contributed by atoms with E-state index in [0.29, 0.717) is 32.4 Å². The molecule has 0 spiro atoms. The lowest BCUT2D eigenvalue weighted by Gasteiger charge is -2.29. The number of hydrogen-bond acceptors (Lipinski definition) is 3. The molecule has 0 aliphatic carbocycles. The fourth-order valence-electron chi connectivity index (χ4n) is 2.83. The molecule has 0 saturated carbocycles. The Labute approximate surface area is 114 Å². The summed E-state index contributed by atoms with van der Waals surface area (Å²) in [7, 11) is 0. The fraction of sp³-hybridized carbons (Fsp3) is 0.786. The predicted molar refractivity (Wildman–Crippen MR) is 71.7 cm³/mol. The fourth-order valence-corrected chi connectivity index (χ4v) is 2.83. The lowest BCUT2D eigenvalue weighted by atomic mass is 9.79. The van der Waals surface area contributed by atoms with Crippen LogP contribution in [0.5, 0.6) is 0 Å². The summed E-state index contributed by atoms with van der Waals surface area (Å²) >= 11 is 0. The quantitative estimate of drug-likeness (QED) is 0.788. The Morgan fingerprint density at radius 1 is 1.37 bits per heavy atom. The molecule has 1 fully saturated rings. The highest BCUT2D eigenvalue weighted by atomic mass is 16.2. The number of primary amides is 1. The van der Waals surface area contributed by atoms with Gasteiger partial charge in [-0.1, -0.05) is 26.7 Å². The van der Waals surface area contributed by atoms with Crippen LogP contribution in [0.15, 0.2) is 0 Å². The molecular formula is C14H23N3O2. The monoisotopic (exact) mass is 265 g/mol. The molecule has 5 heteroatoms. The Kier molecular flexibility index (Phi) is 5.34. The molecule has 0 aromatic heterocycles. The van der Waals surface area contributed by atoms with Gasteiger partial charge in [-0.25, -0.2) is 0 Å². The number of nitrogens with two attached hydrogens (primary N) is 1. The van der Waals surface area contributed by atoms with Crippen molar-refractivity contribution >= 4 is 11.8 Å². The zero-order valence-electron chi connectivity index (χ0n) is 11.8. The molecule has 1 heterocycles. The van der Waals surface area contributed by atoms with Gasteiger partial charge in [-0.2, -0.15) is 5.26 Å². The van der Waals surface area contributed by atoms with Crippen LogP contribution in [0.4, 0.5) is 0 Å². The van der Waals surface area contributed by atoms with Crippen molar-refractivity contribution in [1.29, 1.82) is 5.26 Å². The lowest BCUT2D eigenvalue weighted by molar-refractivity contribution is -0.139. The average Bonchev–Trinajstić information content (AvgIpc) is 2.87. The van der Waals surface area contributed by atoms with Crippen molar-refractivity contribution in [3.05, 3.63) is 0 Å². The molecule has 2 N–H and O–H groups in total. The van der Waals surface area contributed by atoms with E-state index in [1.54, 1.807) is 4.90 Å². The Morgan fingerprint density at radius 3 is 2.32 bits per heavy atom. The second kappa shape index (κ2) is 6.55. The van der Waals surface area contributed by atoms with Gasteiger partial charge in [0.2, 0.25) is 11.8 Å². The van der Waals surface area contributed by atoms with Crippen molar-refractivity contribution in [3.63, 3.8) is 0 Å². The molecule has 5 nitrogen and oxygen atoms in total. The molecule has 1 aliphatic heterocycles. The van der Waals surface area contributed by atoms with Gasteiger partial charge in [-0.15, -0.1) is 0 Å². The summed E-state index contributed by atoms with van der Waals surface area (Å²) in [6, 6.07) is 2.23. The normalized spacial score (nSPS) is 19.2. The van der Waals surface area contributed by atoms with Crippen molar-refractivity contribution < 1.29 is 9.59 Å². The van der Waals surface area contributed by atoms with Gasteiger partial charge in [0, 0.05) is 13.1 Å². The van der Waals surface area contributed by atoms with Crippen LogP contribution in [0.3, 0.4) is 0 Å². The Balaban J connectivity index is 2.84. The number of hydrogen-bond donors (Lipinski definition) is 1. The van der Waals surface area contributed by atoms with Gasteiger partial charge in [0.15, 0.2) is 0 Å². The van der Waals surface area contributed by atoms with Gasteiger partial charge in [-0.05, 0) is 19.3 Å². The second-order valence-electron chi connectivity index (χ2n) is 5.33. The molecule has 106 valence electrons. The molecular weight excluding hydrogens is 242 g/mol. The van der Waals surface area contributed by atoms with Gasteiger partial charge < -0.3 is 10.6 Å². The van der Waals surface area contributed by atoms with Crippen molar-refractivity contribution in [3.8, 4) is 6.07 Å². The number of likely N-dealkylation sites (tertiary alicyclic amines) is 1. The molecule has 1 atom stereocenters. The van der Waals surface area contributed by atoms with Crippen molar-refractivity contribution in [2.24, 2.45) is 17.1 Å². The van der Waals surface area contributed by atoms with Gasteiger partial charge in [0.1, 0.15) is 5.41 Å².